The molecule has 4 nitrogen and oxygen atoms in total. The van der Waals surface area contributed by atoms with Crippen molar-refractivity contribution in [2.45, 2.75) is 26.4 Å². The number of benzene rings is 1. The number of hydrogen-bond donors (Lipinski definition) is 1. The van der Waals surface area contributed by atoms with E-state index in [1.54, 1.807) is 32.0 Å². The number of halogens is 1. The molecule has 1 unspecified atom stereocenters. The zero-order chi connectivity index (χ0) is 13.5. The Bertz CT molecular complexity index is 409. The predicted octanol–water partition coefficient (Wildman–Crippen LogP) is 2.17. The van der Waals surface area contributed by atoms with E-state index in [-0.39, 0.29) is 5.97 Å². The maximum Gasteiger partial charge on any atom is 0.347 e. The van der Waals surface area contributed by atoms with Gasteiger partial charge in [-0.25, -0.2) is 4.79 Å². The van der Waals surface area contributed by atoms with E-state index in [0.29, 0.717) is 30.3 Å². The van der Waals surface area contributed by atoms with Crippen LogP contribution in [-0.2, 0) is 16.0 Å². The van der Waals surface area contributed by atoms with Crippen molar-refractivity contribution in [2.75, 3.05) is 13.2 Å². The molecule has 0 aliphatic rings. The monoisotopic (exact) mass is 271 g/mol. The highest BCUT2D eigenvalue weighted by molar-refractivity contribution is 6.30. The van der Waals surface area contributed by atoms with Gasteiger partial charge in [-0.05, 0) is 50.6 Å². The third-order valence-electron chi connectivity index (χ3n) is 2.36. The first-order valence-corrected chi connectivity index (χ1v) is 6.28. The van der Waals surface area contributed by atoms with Gasteiger partial charge in [0.2, 0.25) is 0 Å². The highest BCUT2D eigenvalue weighted by Gasteiger charge is 2.17. The van der Waals surface area contributed by atoms with Gasteiger partial charge < -0.3 is 15.2 Å². The average molecular weight is 272 g/mol. The summed E-state index contributed by atoms with van der Waals surface area (Å²) in [6.07, 6.45) is -0.00604. The number of esters is 1. The first-order chi connectivity index (χ1) is 8.58. The molecular formula is C13H18ClNO3. The zero-order valence-electron chi connectivity index (χ0n) is 10.6. The molecule has 0 aromatic heterocycles. The standard InChI is InChI=1S/C13H18ClNO3/c1-3-17-13(16)9(2)18-12-5-4-11(14)8-10(12)6-7-15/h4-5,8-9H,3,6-7,15H2,1-2H3. The summed E-state index contributed by atoms with van der Waals surface area (Å²) in [6.45, 7) is 4.24. The quantitative estimate of drug-likeness (QED) is 0.806. The van der Waals surface area contributed by atoms with Crippen molar-refractivity contribution in [1.82, 2.24) is 0 Å². The van der Waals surface area contributed by atoms with E-state index in [4.69, 9.17) is 26.8 Å². The van der Waals surface area contributed by atoms with Gasteiger partial charge >= 0.3 is 5.97 Å². The molecule has 0 aliphatic carbocycles. The maximum absolute atomic E-state index is 11.5. The smallest absolute Gasteiger partial charge is 0.347 e. The molecule has 5 heteroatoms. The molecule has 0 amide bonds. The van der Waals surface area contributed by atoms with Gasteiger partial charge in [-0.15, -0.1) is 0 Å². The second-order valence-electron chi connectivity index (χ2n) is 3.80. The van der Waals surface area contributed by atoms with E-state index < -0.39 is 6.10 Å². The van der Waals surface area contributed by atoms with Gasteiger partial charge in [0, 0.05) is 5.02 Å². The second kappa shape index (κ2) is 7.24. The number of carbonyl (C=O) groups excluding carboxylic acids is 1. The van der Waals surface area contributed by atoms with Gasteiger partial charge in [0.05, 0.1) is 6.61 Å². The van der Waals surface area contributed by atoms with Crippen molar-refractivity contribution < 1.29 is 14.3 Å². The molecule has 0 spiro atoms. The minimum absolute atomic E-state index is 0.336. The Kier molecular flexibility index (Phi) is 5.95. The Morgan fingerprint density at radius 3 is 2.83 bits per heavy atom. The van der Waals surface area contributed by atoms with Crippen LogP contribution in [0.2, 0.25) is 5.02 Å². The maximum atomic E-state index is 11.5. The summed E-state index contributed by atoms with van der Waals surface area (Å²) in [5.74, 6) is 0.233. The van der Waals surface area contributed by atoms with Crippen LogP contribution in [-0.4, -0.2) is 25.2 Å². The molecule has 0 heterocycles. The van der Waals surface area contributed by atoms with Crippen molar-refractivity contribution in [2.24, 2.45) is 5.73 Å². The summed E-state index contributed by atoms with van der Waals surface area (Å²) in [5, 5.41) is 0.620. The number of hydrogen-bond acceptors (Lipinski definition) is 4. The number of carbonyl (C=O) groups is 1. The third kappa shape index (κ3) is 4.20. The van der Waals surface area contributed by atoms with Crippen LogP contribution in [0.15, 0.2) is 18.2 Å². The SMILES string of the molecule is CCOC(=O)C(C)Oc1ccc(Cl)cc1CCN. The summed E-state index contributed by atoms with van der Waals surface area (Å²) in [4.78, 5) is 11.5. The van der Waals surface area contributed by atoms with Crippen molar-refractivity contribution in [3.8, 4) is 5.75 Å². The Balaban J connectivity index is 2.79. The van der Waals surface area contributed by atoms with Crippen molar-refractivity contribution in [1.29, 1.82) is 0 Å². The molecule has 1 rings (SSSR count). The molecule has 100 valence electrons. The van der Waals surface area contributed by atoms with Gasteiger partial charge in [-0.1, -0.05) is 11.6 Å². The molecule has 0 aliphatic heterocycles. The van der Waals surface area contributed by atoms with Gasteiger partial charge in [-0.2, -0.15) is 0 Å². The molecular weight excluding hydrogens is 254 g/mol. The van der Waals surface area contributed by atoms with Crippen LogP contribution in [0, 0.1) is 0 Å². The fourth-order valence-corrected chi connectivity index (χ4v) is 1.71. The molecule has 0 radical (unpaired) electrons. The Morgan fingerprint density at radius 1 is 1.50 bits per heavy atom. The molecule has 0 fully saturated rings. The second-order valence-corrected chi connectivity index (χ2v) is 4.24. The highest BCUT2D eigenvalue weighted by Crippen LogP contribution is 2.24. The number of rotatable bonds is 6. The van der Waals surface area contributed by atoms with Crippen LogP contribution in [0.4, 0.5) is 0 Å². The number of nitrogens with two attached hydrogens (primary N) is 1. The lowest BCUT2D eigenvalue weighted by molar-refractivity contribution is -0.150. The number of ether oxygens (including phenoxy) is 2. The Morgan fingerprint density at radius 2 is 2.22 bits per heavy atom. The van der Waals surface area contributed by atoms with E-state index in [9.17, 15) is 4.79 Å². The molecule has 1 atom stereocenters. The fourth-order valence-electron chi connectivity index (χ4n) is 1.51. The molecule has 1 aromatic rings. The van der Waals surface area contributed by atoms with E-state index in [1.807, 2.05) is 0 Å². The van der Waals surface area contributed by atoms with Crippen molar-refractivity contribution in [3.63, 3.8) is 0 Å². The zero-order valence-corrected chi connectivity index (χ0v) is 11.4. The van der Waals surface area contributed by atoms with Crippen LogP contribution in [0.25, 0.3) is 0 Å². The van der Waals surface area contributed by atoms with Crippen LogP contribution >= 0.6 is 11.6 Å². The highest BCUT2D eigenvalue weighted by atomic mass is 35.5. The molecule has 18 heavy (non-hydrogen) atoms. The summed E-state index contributed by atoms with van der Waals surface area (Å²) in [7, 11) is 0. The normalized spacial score (nSPS) is 12.0. The molecule has 0 saturated carbocycles. The summed E-state index contributed by atoms with van der Waals surface area (Å²) < 4.78 is 10.5. The van der Waals surface area contributed by atoms with Crippen LogP contribution < -0.4 is 10.5 Å². The fraction of sp³-hybridized carbons (Fsp3) is 0.462. The van der Waals surface area contributed by atoms with Crippen LogP contribution in [0.3, 0.4) is 0 Å². The van der Waals surface area contributed by atoms with Gasteiger partial charge in [0.15, 0.2) is 6.10 Å². The lowest BCUT2D eigenvalue weighted by Crippen LogP contribution is -2.26. The molecule has 0 saturated heterocycles. The van der Waals surface area contributed by atoms with E-state index >= 15 is 0 Å². The van der Waals surface area contributed by atoms with Crippen LogP contribution in [0.1, 0.15) is 19.4 Å². The van der Waals surface area contributed by atoms with Gasteiger partial charge in [0.25, 0.3) is 0 Å². The summed E-state index contributed by atoms with van der Waals surface area (Å²) in [5.41, 5.74) is 6.42. The molecule has 0 bridgehead atoms. The summed E-state index contributed by atoms with van der Waals surface area (Å²) >= 11 is 5.91. The first kappa shape index (κ1) is 14.8. The van der Waals surface area contributed by atoms with Gasteiger partial charge in [-0.3, -0.25) is 0 Å². The minimum Gasteiger partial charge on any atom is -0.479 e. The van der Waals surface area contributed by atoms with E-state index in [0.717, 1.165) is 5.56 Å². The summed E-state index contributed by atoms with van der Waals surface area (Å²) in [6, 6.07) is 5.25. The largest absolute Gasteiger partial charge is 0.479 e. The molecule has 2 N–H and O–H groups in total. The topological polar surface area (TPSA) is 61.5 Å². The third-order valence-corrected chi connectivity index (χ3v) is 2.59. The van der Waals surface area contributed by atoms with Crippen LogP contribution in [0.5, 0.6) is 5.75 Å². The Hall–Kier alpha value is -1.26. The van der Waals surface area contributed by atoms with E-state index in [1.165, 1.54) is 0 Å². The predicted molar refractivity (Wildman–Crippen MR) is 70.9 cm³/mol. The van der Waals surface area contributed by atoms with Gasteiger partial charge in [0.1, 0.15) is 5.75 Å². The Labute approximate surface area is 112 Å². The van der Waals surface area contributed by atoms with Crippen molar-refractivity contribution in [3.05, 3.63) is 28.8 Å². The average Bonchev–Trinajstić information content (AvgIpc) is 2.33. The van der Waals surface area contributed by atoms with E-state index in [2.05, 4.69) is 0 Å². The molecule has 1 aromatic carbocycles. The first-order valence-electron chi connectivity index (χ1n) is 5.90. The lowest BCUT2D eigenvalue weighted by Gasteiger charge is -2.16. The van der Waals surface area contributed by atoms with Crippen molar-refractivity contribution >= 4 is 17.6 Å². The lowest BCUT2D eigenvalue weighted by atomic mass is 10.1. The minimum atomic E-state index is -0.650.